The zero-order valence-corrected chi connectivity index (χ0v) is 11.1. The molecule has 0 aliphatic rings. The van der Waals surface area contributed by atoms with Crippen LogP contribution < -0.4 is 9.47 Å². The molecule has 2 rings (SSSR count). The van der Waals surface area contributed by atoms with Crippen molar-refractivity contribution in [3.05, 3.63) is 59.9 Å². The van der Waals surface area contributed by atoms with Crippen molar-refractivity contribution < 1.29 is 13.9 Å². The quantitative estimate of drug-likeness (QED) is 0.802. The van der Waals surface area contributed by atoms with Crippen LogP contribution >= 0.6 is 0 Å². The topological polar surface area (TPSA) is 18.5 Å². The number of hydrogen-bond acceptors (Lipinski definition) is 2. The molecule has 0 N–H and O–H groups in total. The maximum absolute atomic E-state index is 13.4. The van der Waals surface area contributed by atoms with Gasteiger partial charge in [-0.2, -0.15) is 0 Å². The van der Waals surface area contributed by atoms with Crippen molar-refractivity contribution in [3.8, 4) is 11.5 Å². The smallest absolute Gasteiger partial charge is 0.129 e. The Bertz CT molecular complexity index is 521. The van der Waals surface area contributed by atoms with Gasteiger partial charge in [0.15, 0.2) is 0 Å². The van der Waals surface area contributed by atoms with Crippen molar-refractivity contribution in [3.63, 3.8) is 0 Å². The first-order chi connectivity index (χ1) is 9.15. The largest absolute Gasteiger partial charge is 0.491 e. The van der Waals surface area contributed by atoms with Gasteiger partial charge in [0, 0.05) is 5.56 Å². The van der Waals surface area contributed by atoms with Gasteiger partial charge in [-0.15, -0.1) is 0 Å². The van der Waals surface area contributed by atoms with Crippen LogP contribution in [0.5, 0.6) is 11.5 Å². The van der Waals surface area contributed by atoms with E-state index in [-0.39, 0.29) is 18.5 Å². The van der Waals surface area contributed by atoms with Gasteiger partial charge in [-0.25, -0.2) is 4.39 Å². The van der Waals surface area contributed by atoms with E-state index in [1.54, 1.807) is 18.2 Å². The highest BCUT2D eigenvalue weighted by atomic mass is 19.1. The van der Waals surface area contributed by atoms with Gasteiger partial charge in [-0.05, 0) is 44.2 Å². The molecule has 0 fully saturated rings. The molecule has 0 saturated carbocycles. The summed E-state index contributed by atoms with van der Waals surface area (Å²) in [6.07, 6.45) is 0.144. The number of benzene rings is 2. The predicted octanol–water partition coefficient (Wildman–Crippen LogP) is 4.19. The molecule has 0 bridgehead atoms. The van der Waals surface area contributed by atoms with Crippen LogP contribution in [0.1, 0.15) is 19.4 Å². The zero-order valence-electron chi connectivity index (χ0n) is 11.1. The van der Waals surface area contributed by atoms with Gasteiger partial charge in [0.05, 0.1) is 6.10 Å². The van der Waals surface area contributed by atoms with Gasteiger partial charge >= 0.3 is 0 Å². The minimum atomic E-state index is -0.248. The van der Waals surface area contributed by atoms with Crippen LogP contribution in [0.25, 0.3) is 0 Å². The number of rotatable bonds is 5. The summed E-state index contributed by atoms with van der Waals surface area (Å²) in [6.45, 7) is 4.17. The Kier molecular flexibility index (Phi) is 4.39. The van der Waals surface area contributed by atoms with E-state index >= 15 is 0 Å². The fourth-order valence-electron chi connectivity index (χ4n) is 1.66. The highest BCUT2D eigenvalue weighted by molar-refractivity contribution is 5.31. The van der Waals surface area contributed by atoms with Gasteiger partial charge < -0.3 is 9.47 Å². The molecule has 2 aromatic carbocycles. The maximum Gasteiger partial charge on any atom is 0.129 e. The van der Waals surface area contributed by atoms with Crippen molar-refractivity contribution in [2.24, 2.45) is 0 Å². The highest BCUT2D eigenvalue weighted by Crippen LogP contribution is 2.20. The van der Waals surface area contributed by atoms with Crippen LogP contribution in [0, 0.1) is 5.82 Å². The molecule has 0 aliphatic heterocycles. The third-order valence-electron chi connectivity index (χ3n) is 2.55. The lowest BCUT2D eigenvalue weighted by molar-refractivity contribution is 0.241. The predicted molar refractivity (Wildman–Crippen MR) is 72.9 cm³/mol. The molecule has 2 aromatic rings. The normalized spacial score (nSPS) is 10.5. The molecule has 0 saturated heterocycles. The summed E-state index contributed by atoms with van der Waals surface area (Å²) in [5, 5.41) is 0. The zero-order chi connectivity index (χ0) is 13.7. The van der Waals surface area contributed by atoms with Gasteiger partial charge in [0.2, 0.25) is 0 Å². The van der Waals surface area contributed by atoms with Crippen LogP contribution in [0.3, 0.4) is 0 Å². The number of hydrogen-bond donors (Lipinski definition) is 0. The molecule has 0 aromatic heterocycles. The lowest BCUT2D eigenvalue weighted by atomic mass is 10.2. The van der Waals surface area contributed by atoms with Crippen LogP contribution in [0.2, 0.25) is 0 Å². The van der Waals surface area contributed by atoms with E-state index in [2.05, 4.69) is 0 Å². The third kappa shape index (κ3) is 3.98. The van der Waals surface area contributed by atoms with E-state index in [0.29, 0.717) is 11.3 Å². The Hall–Kier alpha value is -2.03. The molecule has 0 spiro atoms. The van der Waals surface area contributed by atoms with Crippen molar-refractivity contribution in [2.45, 2.75) is 26.6 Å². The Labute approximate surface area is 112 Å². The summed E-state index contributed by atoms with van der Waals surface area (Å²) in [5.74, 6) is 1.25. The summed E-state index contributed by atoms with van der Waals surface area (Å²) >= 11 is 0. The van der Waals surface area contributed by atoms with E-state index in [1.807, 2.05) is 38.1 Å². The summed E-state index contributed by atoms with van der Waals surface area (Å²) in [6, 6.07) is 13.9. The van der Waals surface area contributed by atoms with Gasteiger partial charge in [0.25, 0.3) is 0 Å². The molecule has 19 heavy (non-hydrogen) atoms. The molecule has 0 unspecified atom stereocenters. The van der Waals surface area contributed by atoms with Crippen LogP contribution in [-0.4, -0.2) is 6.10 Å². The molecular formula is C16H17FO2. The van der Waals surface area contributed by atoms with Gasteiger partial charge in [-0.1, -0.05) is 18.2 Å². The third-order valence-corrected chi connectivity index (χ3v) is 2.55. The van der Waals surface area contributed by atoms with Gasteiger partial charge in [-0.3, -0.25) is 0 Å². The number of ether oxygens (including phenoxy) is 2. The summed E-state index contributed by atoms with van der Waals surface area (Å²) in [7, 11) is 0. The molecule has 0 heterocycles. The summed E-state index contributed by atoms with van der Waals surface area (Å²) in [5.41, 5.74) is 0.546. The average molecular weight is 260 g/mol. The standard InChI is InChI=1S/C16H17FO2/c1-12(2)19-15-9-7-14(8-10-15)18-11-13-5-3-4-6-16(13)17/h3-10,12H,11H2,1-2H3. The molecule has 0 amide bonds. The Morgan fingerprint density at radius 1 is 0.947 bits per heavy atom. The highest BCUT2D eigenvalue weighted by Gasteiger charge is 2.02. The fourth-order valence-corrected chi connectivity index (χ4v) is 1.66. The number of halogens is 1. The SMILES string of the molecule is CC(C)Oc1ccc(OCc2ccccc2F)cc1. The van der Waals surface area contributed by atoms with Crippen molar-refractivity contribution in [1.82, 2.24) is 0 Å². The molecule has 100 valence electrons. The van der Waals surface area contributed by atoms with E-state index in [4.69, 9.17) is 9.47 Å². The maximum atomic E-state index is 13.4. The second-order valence-corrected chi connectivity index (χ2v) is 4.52. The van der Waals surface area contributed by atoms with Crippen molar-refractivity contribution in [2.75, 3.05) is 0 Å². The Morgan fingerprint density at radius 3 is 2.21 bits per heavy atom. The minimum Gasteiger partial charge on any atom is -0.491 e. The van der Waals surface area contributed by atoms with Crippen LogP contribution in [0.4, 0.5) is 4.39 Å². The van der Waals surface area contributed by atoms with E-state index in [1.165, 1.54) is 6.07 Å². The monoisotopic (exact) mass is 260 g/mol. The second-order valence-electron chi connectivity index (χ2n) is 4.52. The lowest BCUT2D eigenvalue weighted by Gasteiger charge is -2.11. The second kappa shape index (κ2) is 6.23. The summed E-state index contributed by atoms with van der Waals surface area (Å²) < 4.78 is 24.5. The van der Waals surface area contributed by atoms with E-state index in [0.717, 1.165) is 5.75 Å². The van der Waals surface area contributed by atoms with E-state index in [9.17, 15) is 4.39 Å². The molecular weight excluding hydrogens is 243 g/mol. The molecule has 3 heteroatoms. The van der Waals surface area contributed by atoms with Crippen molar-refractivity contribution >= 4 is 0 Å². The first-order valence-electron chi connectivity index (χ1n) is 6.28. The first kappa shape index (κ1) is 13.4. The molecule has 2 nitrogen and oxygen atoms in total. The van der Waals surface area contributed by atoms with Crippen LogP contribution in [0.15, 0.2) is 48.5 Å². The Morgan fingerprint density at radius 2 is 1.58 bits per heavy atom. The first-order valence-corrected chi connectivity index (χ1v) is 6.28. The molecule has 0 atom stereocenters. The fraction of sp³-hybridized carbons (Fsp3) is 0.250. The lowest BCUT2D eigenvalue weighted by Crippen LogP contribution is -2.05. The average Bonchev–Trinajstić information content (AvgIpc) is 2.39. The minimum absolute atomic E-state index is 0.144. The summed E-state index contributed by atoms with van der Waals surface area (Å²) in [4.78, 5) is 0. The molecule has 0 radical (unpaired) electrons. The van der Waals surface area contributed by atoms with E-state index < -0.39 is 0 Å². The van der Waals surface area contributed by atoms with Crippen LogP contribution in [-0.2, 0) is 6.61 Å². The molecule has 0 aliphatic carbocycles. The van der Waals surface area contributed by atoms with Gasteiger partial charge in [0.1, 0.15) is 23.9 Å². The van der Waals surface area contributed by atoms with Crippen molar-refractivity contribution in [1.29, 1.82) is 0 Å². The Balaban J connectivity index is 1.95.